The number of benzene rings is 2. The van der Waals surface area contributed by atoms with Crippen LogP contribution < -0.4 is 4.90 Å². The van der Waals surface area contributed by atoms with Gasteiger partial charge >= 0.3 is 0 Å². The van der Waals surface area contributed by atoms with E-state index >= 15 is 0 Å². The van der Waals surface area contributed by atoms with Crippen LogP contribution in [0.1, 0.15) is 48.4 Å². The van der Waals surface area contributed by atoms with Gasteiger partial charge in [-0.15, -0.1) is 0 Å². The van der Waals surface area contributed by atoms with E-state index in [0.29, 0.717) is 23.0 Å². The molecule has 35 heavy (non-hydrogen) atoms. The van der Waals surface area contributed by atoms with Crippen LogP contribution in [-0.4, -0.2) is 37.2 Å². The minimum atomic E-state index is -3.61. The van der Waals surface area contributed by atoms with E-state index in [4.69, 9.17) is 9.40 Å². The summed E-state index contributed by atoms with van der Waals surface area (Å²) >= 11 is 1.45. The molecule has 0 aliphatic carbocycles. The second kappa shape index (κ2) is 10.7. The Bertz CT molecular complexity index is 1390. The van der Waals surface area contributed by atoms with E-state index in [1.807, 2.05) is 25.1 Å². The monoisotopic (exact) mass is 511 g/mol. The Morgan fingerprint density at radius 3 is 2.51 bits per heavy atom. The third kappa shape index (κ3) is 5.47. The van der Waals surface area contributed by atoms with Crippen molar-refractivity contribution in [3.8, 4) is 0 Å². The molecule has 0 aliphatic rings. The van der Waals surface area contributed by atoms with Crippen LogP contribution >= 0.6 is 11.3 Å². The van der Waals surface area contributed by atoms with Gasteiger partial charge in [-0.3, -0.25) is 9.69 Å². The normalized spacial score (nSPS) is 11.9. The van der Waals surface area contributed by atoms with Gasteiger partial charge in [0.1, 0.15) is 5.76 Å². The van der Waals surface area contributed by atoms with E-state index in [9.17, 15) is 13.2 Å². The van der Waals surface area contributed by atoms with Gasteiger partial charge in [0, 0.05) is 19.2 Å². The molecule has 9 heteroatoms. The van der Waals surface area contributed by atoms with Crippen LogP contribution in [0.2, 0.25) is 0 Å². The molecule has 184 valence electrons. The summed E-state index contributed by atoms with van der Waals surface area (Å²) in [6.07, 6.45) is 4.18. The van der Waals surface area contributed by atoms with Crippen LogP contribution in [0.4, 0.5) is 5.13 Å². The minimum absolute atomic E-state index is 0.164. The first-order valence-electron chi connectivity index (χ1n) is 11.6. The number of furan rings is 1. The topological polar surface area (TPSA) is 83.7 Å². The van der Waals surface area contributed by atoms with Crippen LogP contribution in [0, 0.1) is 0 Å². The summed E-state index contributed by atoms with van der Waals surface area (Å²) in [5.41, 5.74) is 2.41. The molecule has 4 aromatic rings. The molecule has 0 saturated heterocycles. The number of unbranched alkanes of at least 4 members (excludes halogenated alkanes) is 1. The van der Waals surface area contributed by atoms with Crippen LogP contribution in [0.15, 0.2) is 70.2 Å². The van der Waals surface area contributed by atoms with Crippen molar-refractivity contribution in [2.75, 3.05) is 18.5 Å². The number of thiazole rings is 1. The second-order valence-electron chi connectivity index (χ2n) is 8.33. The third-order valence-corrected chi connectivity index (χ3v) is 8.77. The molecule has 0 unspecified atom stereocenters. The SMILES string of the molecule is CCCCN(C)S(=O)(=O)c1ccc(C(=O)N(Cc2ccco2)c2nc3ccc(CC)cc3s2)cc1. The van der Waals surface area contributed by atoms with Gasteiger partial charge in [0.2, 0.25) is 10.0 Å². The number of aromatic nitrogens is 1. The highest BCUT2D eigenvalue weighted by molar-refractivity contribution is 7.89. The zero-order valence-electron chi connectivity index (χ0n) is 20.1. The van der Waals surface area contributed by atoms with Crippen molar-refractivity contribution in [3.63, 3.8) is 0 Å². The standard InChI is InChI=1S/C26H29N3O4S2/c1-4-6-15-28(3)35(31,32)22-12-10-20(11-13-22)25(30)29(18-21-8-7-16-33-21)26-27-23-14-9-19(5-2)17-24(23)34-26/h7-14,16-17H,4-6,15,18H2,1-3H3. The van der Waals surface area contributed by atoms with Gasteiger partial charge in [-0.2, -0.15) is 0 Å². The number of fused-ring (bicyclic) bond motifs is 1. The Hall–Kier alpha value is -3.01. The molecule has 0 saturated carbocycles. The second-order valence-corrected chi connectivity index (χ2v) is 11.4. The van der Waals surface area contributed by atoms with E-state index in [0.717, 1.165) is 29.5 Å². The van der Waals surface area contributed by atoms with Gasteiger partial charge in [-0.25, -0.2) is 17.7 Å². The van der Waals surface area contributed by atoms with Gasteiger partial charge in [-0.1, -0.05) is 37.7 Å². The Labute approximate surface area is 210 Å². The van der Waals surface area contributed by atoms with Crippen molar-refractivity contribution in [1.82, 2.24) is 9.29 Å². The summed E-state index contributed by atoms with van der Waals surface area (Å²) in [5, 5.41) is 0.561. The van der Waals surface area contributed by atoms with Crippen molar-refractivity contribution in [3.05, 3.63) is 77.7 Å². The van der Waals surface area contributed by atoms with Crippen molar-refractivity contribution < 1.29 is 17.6 Å². The average molecular weight is 512 g/mol. The highest BCUT2D eigenvalue weighted by Crippen LogP contribution is 2.32. The minimum Gasteiger partial charge on any atom is -0.467 e. The Morgan fingerprint density at radius 2 is 1.86 bits per heavy atom. The zero-order valence-corrected chi connectivity index (χ0v) is 21.7. The number of carbonyl (C=O) groups excluding carboxylic acids is 1. The molecule has 1 amide bonds. The Morgan fingerprint density at radius 1 is 1.09 bits per heavy atom. The van der Waals surface area contributed by atoms with Crippen LogP contribution in [-0.2, 0) is 23.0 Å². The molecule has 7 nitrogen and oxygen atoms in total. The summed E-state index contributed by atoms with van der Waals surface area (Å²) in [7, 11) is -2.03. The molecule has 2 heterocycles. The number of sulfonamides is 1. The summed E-state index contributed by atoms with van der Waals surface area (Å²) in [4.78, 5) is 20.0. The summed E-state index contributed by atoms with van der Waals surface area (Å²) < 4.78 is 33.6. The maximum absolute atomic E-state index is 13.6. The number of hydrogen-bond donors (Lipinski definition) is 0. The molecule has 0 radical (unpaired) electrons. The molecule has 2 aromatic carbocycles. The first-order chi connectivity index (χ1) is 16.8. The molecular weight excluding hydrogens is 482 g/mol. The summed E-state index contributed by atoms with van der Waals surface area (Å²) in [6, 6.07) is 15.8. The van der Waals surface area contributed by atoms with Crippen molar-refractivity contribution in [2.45, 2.75) is 44.6 Å². The Kier molecular flexibility index (Phi) is 7.69. The van der Waals surface area contributed by atoms with E-state index in [2.05, 4.69) is 13.0 Å². The highest BCUT2D eigenvalue weighted by atomic mass is 32.2. The number of amides is 1. The maximum atomic E-state index is 13.6. The largest absolute Gasteiger partial charge is 0.467 e. The molecule has 0 fully saturated rings. The van der Waals surface area contributed by atoms with E-state index in [1.54, 1.807) is 36.4 Å². The highest BCUT2D eigenvalue weighted by Gasteiger charge is 2.25. The number of anilines is 1. The number of rotatable bonds is 10. The van der Waals surface area contributed by atoms with Gasteiger partial charge in [0.05, 0.1) is 27.9 Å². The van der Waals surface area contributed by atoms with Crippen LogP contribution in [0.25, 0.3) is 10.2 Å². The molecule has 4 rings (SSSR count). The van der Waals surface area contributed by atoms with Gasteiger partial charge in [0.15, 0.2) is 5.13 Å². The lowest BCUT2D eigenvalue weighted by Crippen LogP contribution is -2.30. The smallest absolute Gasteiger partial charge is 0.260 e. The van der Waals surface area contributed by atoms with Crippen LogP contribution in [0.5, 0.6) is 0 Å². The van der Waals surface area contributed by atoms with Gasteiger partial charge < -0.3 is 4.42 Å². The van der Waals surface area contributed by atoms with Crippen LogP contribution in [0.3, 0.4) is 0 Å². The van der Waals surface area contributed by atoms with Crippen molar-refractivity contribution >= 4 is 42.6 Å². The summed E-state index contributed by atoms with van der Waals surface area (Å²) in [6.45, 7) is 4.78. The molecule has 0 bridgehead atoms. The number of hydrogen-bond acceptors (Lipinski definition) is 6. The predicted octanol–water partition coefficient (Wildman–Crippen LogP) is 5.72. The fourth-order valence-electron chi connectivity index (χ4n) is 3.68. The molecule has 0 aliphatic heterocycles. The lowest BCUT2D eigenvalue weighted by Gasteiger charge is -2.20. The van der Waals surface area contributed by atoms with E-state index in [1.165, 1.54) is 33.3 Å². The third-order valence-electron chi connectivity index (χ3n) is 5.86. The fourth-order valence-corrected chi connectivity index (χ4v) is 5.92. The Balaban J connectivity index is 1.65. The number of carbonyl (C=O) groups is 1. The molecule has 0 N–H and O–H groups in total. The quantitative estimate of drug-likeness (QED) is 0.272. The zero-order chi connectivity index (χ0) is 25.0. The van der Waals surface area contributed by atoms with Gasteiger partial charge in [-0.05, 0) is 66.9 Å². The predicted molar refractivity (Wildman–Crippen MR) is 139 cm³/mol. The van der Waals surface area contributed by atoms with Crippen molar-refractivity contribution in [2.24, 2.45) is 0 Å². The van der Waals surface area contributed by atoms with E-state index in [-0.39, 0.29) is 17.3 Å². The molecule has 0 atom stereocenters. The maximum Gasteiger partial charge on any atom is 0.260 e. The van der Waals surface area contributed by atoms with E-state index < -0.39 is 10.0 Å². The lowest BCUT2D eigenvalue weighted by molar-refractivity contribution is 0.0983. The molecular formula is C26H29N3O4S2. The number of aryl methyl sites for hydroxylation is 1. The average Bonchev–Trinajstić information content (AvgIpc) is 3.54. The van der Waals surface area contributed by atoms with Gasteiger partial charge in [0.25, 0.3) is 5.91 Å². The first-order valence-corrected chi connectivity index (χ1v) is 13.9. The lowest BCUT2D eigenvalue weighted by atomic mass is 10.2. The molecule has 2 aromatic heterocycles. The summed E-state index contributed by atoms with van der Waals surface area (Å²) in [5.74, 6) is 0.350. The molecule has 0 spiro atoms. The first kappa shape index (κ1) is 25.1. The van der Waals surface area contributed by atoms with Crippen molar-refractivity contribution in [1.29, 1.82) is 0 Å². The fraction of sp³-hybridized carbons (Fsp3) is 0.308. The number of nitrogens with zero attached hydrogens (tertiary/aromatic N) is 3.